The molecule has 250 valence electrons. The van der Waals surface area contributed by atoms with Crippen molar-refractivity contribution in [1.82, 2.24) is 10.6 Å². The fourth-order valence-corrected chi connectivity index (χ4v) is 4.88. The average molecular weight is 631 g/mol. The number of aliphatic hydroxyl groups is 9. The van der Waals surface area contributed by atoms with Crippen LogP contribution in [0.15, 0.2) is 0 Å². The van der Waals surface area contributed by atoms with E-state index in [0.717, 1.165) is 0 Å². The second-order valence-corrected chi connectivity index (χ2v) is 10.7. The van der Waals surface area contributed by atoms with Gasteiger partial charge in [0.2, 0.25) is 11.8 Å². The molecule has 2 fully saturated rings. The molecule has 12 atom stereocenters. The SMILES string of the molecule is CC(=O)N[C@H]1C([C@H](O)[C@H](O)CO)OC(O)(C(=O)O)C[C@H]1C.C[C@@H]1CC(O)(C(=O)O)OC([C@H](O)[C@H](O)CO)[C@@H]1NC(=O)CO. The fraction of sp³-hybridized carbons (Fsp3) is 0.833. The zero-order valence-corrected chi connectivity index (χ0v) is 23.7. The number of aliphatic hydroxyl groups excluding tert-OH is 7. The molecule has 0 bridgehead atoms. The Kier molecular flexibility index (Phi) is 14.3. The van der Waals surface area contributed by atoms with Gasteiger partial charge in [0.25, 0.3) is 11.6 Å². The third-order valence-electron chi connectivity index (χ3n) is 7.14. The lowest BCUT2D eigenvalue weighted by Gasteiger charge is -2.45. The minimum absolute atomic E-state index is 0.300. The van der Waals surface area contributed by atoms with Crippen LogP contribution in [0.5, 0.6) is 0 Å². The summed E-state index contributed by atoms with van der Waals surface area (Å²) in [6.07, 6.45) is -10.3. The van der Waals surface area contributed by atoms with Gasteiger partial charge in [-0.15, -0.1) is 0 Å². The van der Waals surface area contributed by atoms with Crippen LogP contribution in [0.2, 0.25) is 0 Å². The van der Waals surface area contributed by atoms with E-state index in [-0.39, 0.29) is 12.8 Å². The number of aliphatic carboxylic acids is 2. The lowest BCUT2D eigenvalue weighted by molar-refractivity contribution is -0.288. The van der Waals surface area contributed by atoms with Crippen LogP contribution in [-0.4, -0.2) is 160 Å². The van der Waals surface area contributed by atoms with Gasteiger partial charge in [-0.2, -0.15) is 0 Å². The van der Waals surface area contributed by atoms with Crippen molar-refractivity contribution in [1.29, 1.82) is 0 Å². The maximum atomic E-state index is 11.3. The molecule has 2 amide bonds. The topological polar surface area (TPSA) is 333 Å². The first kappa shape index (κ1) is 38.5. The first-order chi connectivity index (χ1) is 19.8. The molecule has 0 aromatic rings. The van der Waals surface area contributed by atoms with Crippen molar-refractivity contribution in [2.24, 2.45) is 11.8 Å². The van der Waals surface area contributed by atoms with Crippen LogP contribution in [0.3, 0.4) is 0 Å². The second-order valence-electron chi connectivity index (χ2n) is 10.7. The van der Waals surface area contributed by atoms with Gasteiger partial charge in [-0.3, -0.25) is 9.59 Å². The van der Waals surface area contributed by atoms with Crippen molar-refractivity contribution in [3.63, 3.8) is 0 Å². The molecule has 0 spiro atoms. The highest BCUT2D eigenvalue weighted by molar-refractivity contribution is 5.78. The van der Waals surface area contributed by atoms with Crippen LogP contribution in [-0.2, 0) is 28.7 Å². The van der Waals surface area contributed by atoms with Crippen molar-refractivity contribution in [2.75, 3.05) is 19.8 Å². The molecule has 19 heteroatoms. The maximum Gasteiger partial charge on any atom is 0.364 e. The van der Waals surface area contributed by atoms with E-state index in [4.69, 9.17) is 35.0 Å². The molecule has 43 heavy (non-hydrogen) atoms. The van der Waals surface area contributed by atoms with Gasteiger partial charge in [-0.05, 0) is 11.8 Å². The number of nitrogens with one attached hydrogen (secondary N) is 2. The molecule has 0 aliphatic carbocycles. The number of carboxylic acid groups (broad SMARTS) is 2. The summed E-state index contributed by atoms with van der Waals surface area (Å²) in [6, 6.07) is -1.80. The van der Waals surface area contributed by atoms with Gasteiger partial charge in [-0.1, -0.05) is 13.8 Å². The van der Waals surface area contributed by atoms with Crippen molar-refractivity contribution in [3.8, 4) is 0 Å². The van der Waals surface area contributed by atoms with E-state index in [9.17, 15) is 49.8 Å². The molecule has 0 saturated carbocycles. The lowest BCUT2D eigenvalue weighted by atomic mass is 9.83. The Labute approximate surface area is 245 Å². The van der Waals surface area contributed by atoms with Gasteiger partial charge in [0, 0.05) is 19.8 Å². The van der Waals surface area contributed by atoms with Gasteiger partial charge in [0.1, 0.15) is 43.2 Å². The Bertz CT molecular complexity index is 970. The van der Waals surface area contributed by atoms with E-state index >= 15 is 0 Å². The van der Waals surface area contributed by atoms with Crippen molar-refractivity contribution < 1.29 is 84.8 Å². The molecule has 2 rings (SSSR count). The zero-order valence-electron chi connectivity index (χ0n) is 23.7. The van der Waals surface area contributed by atoms with Crippen LogP contribution in [0, 0.1) is 11.8 Å². The summed E-state index contributed by atoms with van der Waals surface area (Å²) in [5, 5.41) is 108. The Morgan fingerprint density at radius 3 is 1.37 bits per heavy atom. The van der Waals surface area contributed by atoms with Gasteiger partial charge in [0.05, 0.1) is 25.3 Å². The highest BCUT2D eigenvalue weighted by Gasteiger charge is 2.54. The largest absolute Gasteiger partial charge is 0.477 e. The van der Waals surface area contributed by atoms with Crippen LogP contribution < -0.4 is 10.6 Å². The summed E-state index contributed by atoms with van der Waals surface area (Å²) in [5.74, 6) is -10.9. The number of hydrogen-bond acceptors (Lipinski definition) is 15. The Morgan fingerprint density at radius 2 is 1.09 bits per heavy atom. The quantitative estimate of drug-likeness (QED) is 0.101. The second kappa shape index (κ2) is 16.0. The lowest BCUT2D eigenvalue weighted by Crippen LogP contribution is -2.65. The number of carbonyl (C=O) groups is 4. The molecule has 2 saturated heterocycles. The number of carbonyl (C=O) groups excluding carboxylic acids is 2. The van der Waals surface area contributed by atoms with Crippen LogP contribution >= 0.6 is 0 Å². The van der Waals surface area contributed by atoms with E-state index in [1.165, 1.54) is 13.8 Å². The number of hydrogen-bond donors (Lipinski definition) is 13. The third-order valence-corrected chi connectivity index (χ3v) is 7.14. The predicted molar refractivity (Wildman–Crippen MR) is 137 cm³/mol. The molecule has 0 aromatic carbocycles. The van der Waals surface area contributed by atoms with Crippen LogP contribution in [0.1, 0.15) is 33.6 Å². The Hall–Kier alpha value is -2.56. The molecule has 2 aliphatic rings. The maximum absolute atomic E-state index is 11.3. The van der Waals surface area contributed by atoms with Gasteiger partial charge in [0.15, 0.2) is 0 Å². The zero-order chi connectivity index (χ0) is 33.4. The molecule has 2 aliphatic heterocycles. The minimum atomic E-state index is -2.60. The molecule has 0 aromatic heterocycles. The Morgan fingerprint density at radius 1 is 0.744 bits per heavy atom. The first-order valence-electron chi connectivity index (χ1n) is 13.2. The standard InChI is InChI=1S/C12H21NO9.C12H21NO8/c1-5-2-12(21,11(19)20)22-10(9(18)6(16)3-14)8(5)13-7(17)4-15;1-5-3-12(20,11(18)19)21-10(8(5)13-6(2)15)9(17)7(16)4-14/h5-6,8-10,14-16,18,21H,2-4H2,1H3,(H,13,17)(H,19,20);5,7-10,14,16-17,20H,3-4H2,1-2H3,(H,13,15)(H,18,19)/t5-,6-,8-,9-,10?,12?;5-,7-,8-,9-,10?,12?/m11/s1. The number of amides is 2. The van der Waals surface area contributed by atoms with E-state index in [1.807, 2.05) is 0 Å². The van der Waals surface area contributed by atoms with Gasteiger partial charge >= 0.3 is 11.9 Å². The smallest absolute Gasteiger partial charge is 0.364 e. The van der Waals surface area contributed by atoms with E-state index in [2.05, 4.69) is 10.6 Å². The van der Waals surface area contributed by atoms with E-state index < -0.39 is 116 Å². The van der Waals surface area contributed by atoms with Crippen LogP contribution in [0.4, 0.5) is 0 Å². The molecular formula is C24H42N2O17. The molecule has 2 heterocycles. The fourth-order valence-electron chi connectivity index (χ4n) is 4.88. The monoisotopic (exact) mass is 630 g/mol. The molecule has 4 unspecified atom stereocenters. The normalized spacial score (nSPS) is 35.3. The molecular weight excluding hydrogens is 588 g/mol. The highest BCUT2D eigenvalue weighted by atomic mass is 16.7. The summed E-state index contributed by atoms with van der Waals surface area (Å²) in [5.41, 5.74) is 0. The van der Waals surface area contributed by atoms with E-state index in [0.29, 0.717) is 0 Å². The summed E-state index contributed by atoms with van der Waals surface area (Å²) in [6.45, 7) is 1.86. The summed E-state index contributed by atoms with van der Waals surface area (Å²) < 4.78 is 10.0. The average Bonchev–Trinajstić information content (AvgIpc) is 2.93. The van der Waals surface area contributed by atoms with Gasteiger partial charge in [-0.25, -0.2) is 9.59 Å². The minimum Gasteiger partial charge on any atom is -0.477 e. The van der Waals surface area contributed by atoms with Crippen LogP contribution in [0.25, 0.3) is 0 Å². The molecule has 13 N–H and O–H groups in total. The summed E-state index contributed by atoms with van der Waals surface area (Å²) in [7, 11) is 0. The van der Waals surface area contributed by atoms with Crippen molar-refractivity contribution in [3.05, 3.63) is 0 Å². The molecule has 19 nitrogen and oxygen atoms in total. The number of ether oxygens (including phenoxy) is 2. The highest BCUT2D eigenvalue weighted by Crippen LogP contribution is 2.35. The summed E-state index contributed by atoms with van der Waals surface area (Å²) >= 11 is 0. The predicted octanol–water partition coefficient (Wildman–Crippen LogP) is -6.22. The summed E-state index contributed by atoms with van der Waals surface area (Å²) in [4.78, 5) is 44.8. The third kappa shape index (κ3) is 9.71. The van der Waals surface area contributed by atoms with Crippen molar-refractivity contribution >= 4 is 23.8 Å². The number of carboxylic acids is 2. The molecule has 0 radical (unpaired) electrons. The Balaban J connectivity index is 0.000000430. The van der Waals surface area contributed by atoms with Crippen molar-refractivity contribution in [2.45, 2.75) is 93.9 Å². The van der Waals surface area contributed by atoms with E-state index in [1.54, 1.807) is 6.92 Å². The van der Waals surface area contributed by atoms with Gasteiger partial charge < -0.3 is 76.3 Å². The number of rotatable bonds is 11. The first-order valence-corrected chi connectivity index (χ1v) is 13.2.